The molecule has 1 nitrogen and oxygen atoms in total. The zero-order valence-electron chi connectivity index (χ0n) is 28.4. The van der Waals surface area contributed by atoms with Gasteiger partial charge in [0.2, 0.25) is 13.4 Å². The molecule has 4 heteroatoms. The summed E-state index contributed by atoms with van der Waals surface area (Å²) in [5.74, 6) is -0.209. The fourth-order valence-corrected chi connectivity index (χ4v) is 10.5. The molecular formula is C44H36B2FN. The van der Waals surface area contributed by atoms with Gasteiger partial charge in [-0.1, -0.05) is 124 Å². The number of benzene rings is 6. The van der Waals surface area contributed by atoms with Crippen LogP contribution < -0.4 is 37.7 Å². The number of rotatable bonds is 1. The molecule has 4 aliphatic heterocycles. The molecule has 4 aliphatic rings. The third-order valence-electron chi connectivity index (χ3n) is 12.3. The number of nitrogens with zero attached hydrogens (tertiary/aromatic N) is 1. The van der Waals surface area contributed by atoms with E-state index in [1.807, 2.05) is 12.1 Å². The highest BCUT2D eigenvalue weighted by molar-refractivity contribution is 7.03. The third kappa shape index (κ3) is 3.34. The highest BCUT2D eigenvalue weighted by atomic mass is 19.1. The first kappa shape index (κ1) is 28.2. The minimum atomic E-state index is -0.209. The van der Waals surface area contributed by atoms with Crippen molar-refractivity contribution in [3.05, 3.63) is 148 Å². The van der Waals surface area contributed by atoms with Gasteiger partial charge < -0.3 is 4.90 Å². The standard InChI is InChI=1S/C44H36B2FN/c1-25-15-21-36-40-38(25)43(3,4)30-11-7-9-13-32(30)45(40)34-23-28(27-17-19-29(47)20-18-27)24-35-42(34)48(36)37-22-16-26(2)39-41(37)46(35)33-14-10-8-12-31(33)44(39,5)6/h7-24H,1-6H3. The van der Waals surface area contributed by atoms with E-state index in [1.54, 1.807) is 12.1 Å². The topological polar surface area (TPSA) is 3.24 Å². The Morgan fingerprint density at radius 3 is 1.46 bits per heavy atom. The molecule has 48 heavy (non-hydrogen) atoms. The van der Waals surface area contributed by atoms with Crippen LogP contribution in [-0.4, -0.2) is 13.4 Å². The predicted molar refractivity (Wildman–Crippen MR) is 202 cm³/mol. The van der Waals surface area contributed by atoms with Gasteiger partial charge in [0.25, 0.3) is 0 Å². The Hall–Kier alpha value is -4.82. The second-order valence-electron chi connectivity index (χ2n) is 15.5. The van der Waals surface area contributed by atoms with Gasteiger partial charge in [0.1, 0.15) is 5.82 Å². The molecule has 10 rings (SSSR count). The molecule has 0 N–H and O–H groups in total. The second-order valence-corrected chi connectivity index (χ2v) is 15.5. The summed E-state index contributed by atoms with van der Waals surface area (Å²) >= 11 is 0. The lowest BCUT2D eigenvalue weighted by molar-refractivity contribution is 0.628. The van der Waals surface area contributed by atoms with Crippen molar-refractivity contribution < 1.29 is 4.39 Å². The summed E-state index contributed by atoms with van der Waals surface area (Å²) in [5.41, 5.74) is 22.5. The fraction of sp³-hybridized carbons (Fsp3) is 0.182. The number of hydrogen-bond acceptors (Lipinski definition) is 1. The molecule has 6 aromatic carbocycles. The van der Waals surface area contributed by atoms with Crippen LogP contribution in [0.1, 0.15) is 61.1 Å². The minimum absolute atomic E-state index is 0.0891. The summed E-state index contributed by atoms with van der Waals surface area (Å²) in [6.45, 7) is 14.4. The van der Waals surface area contributed by atoms with Gasteiger partial charge in [0.15, 0.2) is 0 Å². The van der Waals surface area contributed by atoms with E-state index in [2.05, 4.69) is 131 Å². The summed E-state index contributed by atoms with van der Waals surface area (Å²) in [4.78, 5) is 2.62. The lowest BCUT2D eigenvalue weighted by atomic mass is 9.26. The molecule has 0 radical (unpaired) electrons. The third-order valence-corrected chi connectivity index (χ3v) is 12.3. The van der Waals surface area contributed by atoms with Crippen molar-refractivity contribution in [3.8, 4) is 11.1 Å². The van der Waals surface area contributed by atoms with Gasteiger partial charge in [-0.15, -0.1) is 0 Å². The van der Waals surface area contributed by atoms with E-state index in [9.17, 15) is 4.39 Å². The van der Waals surface area contributed by atoms with E-state index >= 15 is 0 Å². The van der Waals surface area contributed by atoms with Crippen LogP contribution in [0.5, 0.6) is 0 Å². The lowest BCUT2D eigenvalue weighted by Crippen LogP contribution is -2.70. The van der Waals surface area contributed by atoms with Crippen LogP contribution in [0.4, 0.5) is 21.5 Å². The molecule has 0 aliphatic carbocycles. The summed E-state index contributed by atoms with van der Waals surface area (Å²) in [7, 11) is 0. The molecule has 0 bridgehead atoms. The second kappa shape index (κ2) is 9.20. The summed E-state index contributed by atoms with van der Waals surface area (Å²) in [6.07, 6.45) is 0. The molecule has 0 saturated carbocycles. The van der Waals surface area contributed by atoms with E-state index in [0.717, 1.165) is 11.1 Å². The smallest absolute Gasteiger partial charge is 0.247 e. The highest BCUT2D eigenvalue weighted by Gasteiger charge is 2.52. The van der Waals surface area contributed by atoms with Crippen LogP contribution in [0, 0.1) is 19.7 Å². The molecule has 0 fully saturated rings. The first-order valence-electron chi connectivity index (χ1n) is 17.3. The largest absolute Gasteiger partial charge is 0.313 e. The minimum Gasteiger partial charge on any atom is -0.313 e. The summed E-state index contributed by atoms with van der Waals surface area (Å²) in [6, 6.07) is 39.6. The van der Waals surface area contributed by atoms with E-state index in [0.29, 0.717) is 0 Å². The normalized spacial score (nSPS) is 16.4. The number of anilines is 3. The van der Waals surface area contributed by atoms with Crippen molar-refractivity contribution in [1.29, 1.82) is 0 Å². The average Bonchev–Trinajstić information content (AvgIpc) is 3.07. The molecule has 0 saturated heterocycles. The van der Waals surface area contributed by atoms with Crippen molar-refractivity contribution in [2.24, 2.45) is 0 Å². The van der Waals surface area contributed by atoms with Gasteiger partial charge in [0, 0.05) is 27.9 Å². The Morgan fingerprint density at radius 2 is 0.979 bits per heavy atom. The Balaban J connectivity index is 1.40. The fourth-order valence-electron chi connectivity index (χ4n) is 10.5. The molecule has 4 heterocycles. The van der Waals surface area contributed by atoms with Crippen molar-refractivity contribution >= 4 is 63.3 Å². The van der Waals surface area contributed by atoms with Crippen molar-refractivity contribution in [1.82, 2.24) is 0 Å². The van der Waals surface area contributed by atoms with E-state index in [1.165, 1.54) is 83.2 Å². The van der Waals surface area contributed by atoms with Crippen LogP contribution in [0.3, 0.4) is 0 Å². The summed E-state index contributed by atoms with van der Waals surface area (Å²) < 4.78 is 14.3. The zero-order chi connectivity index (χ0) is 32.9. The van der Waals surface area contributed by atoms with Gasteiger partial charge in [0.05, 0.1) is 0 Å². The molecule has 0 atom stereocenters. The molecular weight excluding hydrogens is 583 g/mol. The lowest BCUT2D eigenvalue weighted by Gasteiger charge is -2.51. The van der Waals surface area contributed by atoms with Crippen LogP contribution in [0.15, 0.2) is 109 Å². The Kier molecular flexibility index (Phi) is 5.41. The summed E-state index contributed by atoms with van der Waals surface area (Å²) in [5, 5.41) is 0. The van der Waals surface area contributed by atoms with Crippen molar-refractivity contribution in [3.63, 3.8) is 0 Å². The van der Waals surface area contributed by atoms with E-state index < -0.39 is 0 Å². The number of hydrogen-bond donors (Lipinski definition) is 0. The SMILES string of the molecule is Cc1ccc2c3c1C(C)(C)c1ccccc1B3c1cc(-c3ccc(F)cc3)cc3c1N2c1ccc(C)c2c1B3c1ccccc1C2(C)C. The number of halogens is 1. The van der Waals surface area contributed by atoms with Crippen molar-refractivity contribution in [2.45, 2.75) is 52.4 Å². The molecule has 230 valence electrons. The zero-order valence-corrected chi connectivity index (χ0v) is 28.4. The maximum Gasteiger partial charge on any atom is 0.247 e. The van der Waals surface area contributed by atoms with Gasteiger partial charge in [-0.2, -0.15) is 0 Å². The Bertz CT molecular complexity index is 2260. The quantitative estimate of drug-likeness (QED) is 0.189. The van der Waals surface area contributed by atoms with Crippen LogP contribution in [0.25, 0.3) is 11.1 Å². The van der Waals surface area contributed by atoms with Gasteiger partial charge in [-0.3, -0.25) is 0 Å². The molecule has 0 amide bonds. The molecule has 6 aromatic rings. The average molecular weight is 619 g/mol. The Labute approximate surface area is 283 Å². The first-order chi connectivity index (χ1) is 23.1. The van der Waals surface area contributed by atoms with Gasteiger partial charge >= 0.3 is 0 Å². The molecule has 0 spiro atoms. The number of aryl methyl sites for hydroxylation is 2. The van der Waals surface area contributed by atoms with E-state index in [4.69, 9.17) is 0 Å². The Morgan fingerprint density at radius 1 is 0.521 bits per heavy atom. The van der Waals surface area contributed by atoms with E-state index in [-0.39, 0.29) is 30.1 Å². The molecule has 0 unspecified atom stereocenters. The van der Waals surface area contributed by atoms with Crippen LogP contribution in [-0.2, 0) is 10.8 Å². The predicted octanol–water partition coefficient (Wildman–Crippen LogP) is 6.52. The monoisotopic (exact) mass is 619 g/mol. The first-order valence-corrected chi connectivity index (χ1v) is 17.3. The molecule has 0 aromatic heterocycles. The maximum atomic E-state index is 14.3. The highest BCUT2D eigenvalue weighted by Crippen LogP contribution is 2.47. The van der Waals surface area contributed by atoms with Gasteiger partial charge in [-0.05, 0) is 104 Å². The van der Waals surface area contributed by atoms with Crippen LogP contribution in [0.2, 0.25) is 0 Å². The van der Waals surface area contributed by atoms with Gasteiger partial charge in [-0.25, -0.2) is 4.39 Å². The van der Waals surface area contributed by atoms with Crippen LogP contribution >= 0.6 is 0 Å². The van der Waals surface area contributed by atoms with Crippen molar-refractivity contribution in [2.75, 3.05) is 4.90 Å². The number of fused-ring (bicyclic) bond motifs is 8. The maximum absolute atomic E-state index is 14.3.